The minimum absolute atomic E-state index is 0.0332. The molecule has 4 heteroatoms. The van der Waals surface area contributed by atoms with Crippen LogP contribution in [0, 0.1) is 23.7 Å². The zero-order valence-electron chi connectivity index (χ0n) is 18.4. The van der Waals surface area contributed by atoms with Gasteiger partial charge in [-0.15, -0.1) is 0 Å². The number of hydrogen-bond donors (Lipinski definition) is 2. The van der Waals surface area contributed by atoms with E-state index in [1.54, 1.807) is 0 Å². The van der Waals surface area contributed by atoms with Crippen molar-refractivity contribution in [3.63, 3.8) is 0 Å². The van der Waals surface area contributed by atoms with Crippen molar-refractivity contribution in [1.82, 2.24) is 5.32 Å². The van der Waals surface area contributed by atoms with Gasteiger partial charge < -0.3 is 10.6 Å². The fraction of sp³-hybridized carbons (Fsp3) is 0.667. The lowest BCUT2D eigenvalue weighted by atomic mass is 9.76. The molecule has 0 heterocycles. The van der Waals surface area contributed by atoms with Crippen LogP contribution in [0.3, 0.4) is 0 Å². The van der Waals surface area contributed by atoms with Crippen LogP contribution in [0.15, 0.2) is 24.3 Å². The predicted octanol–water partition coefficient (Wildman–Crippen LogP) is 5.35. The minimum atomic E-state index is -0.514. The van der Waals surface area contributed by atoms with Gasteiger partial charge in [0.15, 0.2) is 0 Å². The zero-order valence-corrected chi connectivity index (χ0v) is 18.4. The number of carbonyl (C=O) groups excluding carboxylic acids is 2. The number of hydrogen-bond acceptors (Lipinski definition) is 2. The van der Waals surface area contributed by atoms with Crippen molar-refractivity contribution >= 4 is 17.5 Å². The number of carbonyl (C=O) groups is 2. The first-order valence-electron chi connectivity index (χ1n) is 10.9. The van der Waals surface area contributed by atoms with Crippen LogP contribution in [0.25, 0.3) is 0 Å². The molecule has 2 N–H and O–H groups in total. The van der Waals surface area contributed by atoms with Crippen LogP contribution in [0.1, 0.15) is 78.7 Å². The Morgan fingerprint density at radius 2 is 1.46 bits per heavy atom. The Hall–Kier alpha value is -1.84. The van der Waals surface area contributed by atoms with Gasteiger partial charge >= 0.3 is 0 Å². The highest BCUT2D eigenvalue weighted by Crippen LogP contribution is 2.33. The molecule has 4 nitrogen and oxygen atoms in total. The van der Waals surface area contributed by atoms with E-state index in [1.807, 2.05) is 38.1 Å². The van der Waals surface area contributed by atoms with Gasteiger partial charge in [-0.25, -0.2) is 0 Å². The molecule has 1 saturated carbocycles. The first-order valence-corrected chi connectivity index (χ1v) is 10.9. The maximum absolute atomic E-state index is 12.8. The van der Waals surface area contributed by atoms with Crippen LogP contribution in [-0.4, -0.2) is 17.9 Å². The molecule has 1 aromatic carbocycles. The average molecular weight is 387 g/mol. The second-order valence-corrected chi connectivity index (χ2v) is 9.35. The van der Waals surface area contributed by atoms with Gasteiger partial charge in [-0.3, -0.25) is 9.59 Å². The van der Waals surface area contributed by atoms with Gasteiger partial charge in [-0.05, 0) is 67.1 Å². The summed E-state index contributed by atoms with van der Waals surface area (Å²) in [7, 11) is 0. The molecule has 1 aliphatic rings. The largest absolute Gasteiger partial charge is 0.344 e. The van der Waals surface area contributed by atoms with Crippen LogP contribution in [0.5, 0.6) is 0 Å². The molecule has 0 aromatic heterocycles. The summed E-state index contributed by atoms with van der Waals surface area (Å²) in [4.78, 5) is 25.6. The molecule has 1 fully saturated rings. The maximum atomic E-state index is 12.8. The van der Waals surface area contributed by atoms with Crippen LogP contribution >= 0.6 is 0 Å². The predicted molar refractivity (Wildman–Crippen MR) is 116 cm³/mol. The van der Waals surface area contributed by atoms with Crippen molar-refractivity contribution in [2.45, 2.75) is 79.2 Å². The highest BCUT2D eigenvalue weighted by atomic mass is 16.2. The lowest BCUT2D eigenvalue weighted by Crippen LogP contribution is -2.49. The third-order valence-electron chi connectivity index (χ3n) is 6.18. The van der Waals surface area contributed by atoms with Crippen molar-refractivity contribution in [2.75, 3.05) is 5.32 Å². The summed E-state index contributed by atoms with van der Waals surface area (Å²) >= 11 is 0. The fourth-order valence-electron chi connectivity index (χ4n) is 4.03. The van der Waals surface area contributed by atoms with Gasteiger partial charge in [0, 0.05) is 11.6 Å². The third kappa shape index (κ3) is 6.08. The van der Waals surface area contributed by atoms with Crippen LogP contribution < -0.4 is 10.6 Å². The molecular weight excluding hydrogens is 348 g/mol. The molecule has 28 heavy (non-hydrogen) atoms. The van der Waals surface area contributed by atoms with E-state index in [1.165, 1.54) is 5.56 Å². The second-order valence-electron chi connectivity index (χ2n) is 9.35. The second kappa shape index (κ2) is 10.1. The van der Waals surface area contributed by atoms with E-state index in [9.17, 15) is 9.59 Å². The van der Waals surface area contributed by atoms with Crippen molar-refractivity contribution in [3.8, 4) is 0 Å². The molecule has 1 atom stereocenters. The Balaban J connectivity index is 1.94. The Kier molecular flexibility index (Phi) is 8.09. The van der Waals surface area contributed by atoms with Crippen LogP contribution in [0.2, 0.25) is 0 Å². The van der Waals surface area contributed by atoms with E-state index >= 15 is 0 Å². The van der Waals surface area contributed by atoms with Gasteiger partial charge in [0.2, 0.25) is 11.8 Å². The molecule has 1 aromatic rings. The van der Waals surface area contributed by atoms with Crippen molar-refractivity contribution < 1.29 is 9.59 Å². The first kappa shape index (κ1) is 22.4. The molecule has 0 aliphatic heterocycles. The Morgan fingerprint density at radius 1 is 0.893 bits per heavy atom. The number of nitrogens with one attached hydrogen (secondary N) is 2. The summed E-state index contributed by atoms with van der Waals surface area (Å²) in [5, 5.41) is 6.00. The fourth-order valence-corrected chi connectivity index (χ4v) is 4.03. The van der Waals surface area contributed by atoms with Crippen LogP contribution in [0.4, 0.5) is 5.69 Å². The molecule has 2 amide bonds. The molecule has 2 rings (SSSR count). The summed E-state index contributed by atoms with van der Waals surface area (Å²) in [5.74, 6) is 1.82. The molecule has 0 radical (unpaired) electrons. The summed E-state index contributed by atoms with van der Waals surface area (Å²) in [6.45, 7) is 12.8. The van der Waals surface area contributed by atoms with Crippen molar-refractivity contribution in [1.29, 1.82) is 0 Å². The molecular formula is C24H38N2O2. The quantitative estimate of drug-likeness (QED) is 0.663. The van der Waals surface area contributed by atoms with E-state index in [4.69, 9.17) is 0 Å². The third-order valence-corrected chi connectivity index (χ3v) is 6.18. The SMILES string of the molecule is CC(C)c1ccc(NC(=O)[C@H](NC(=O)C2CCC(C(C)C)CC2)C(C)C)cc1. The van der Waals surface area contributed by atoms with Gasteiger partial charge in [0.25, 0.3) is 0 Å². The molecule has 1 aliphatic carbocycles. The zero-order chi connectivity index (χ0) is 20.8. The van der Waals surface area contributed by atoms with Crippen molar-refractivity contribution in [3.05, 3.63) is 29.8 Å². The number of amides is 2. The first-order chi connectivity index (χ1) is 13.2. The highest BCUT2D eigenvalue weighted by molar-refractivity contribution is 5.97. The topological polar surface area (TPSA) is 58.2 Å². The lowest BCUT2D eigenvalue weighted by molar-refractivity contribution is -0.131. The lowest BCUT2D eigenvalue weighted by Gasteiger charge is -2.31. The van der Waals surface area contributed by atoms with Crippen LogP contribution in [-0.2, 0) is 9.59 Å². The van der Waals surface area contributed by atoms with Gasteiger partial charge in [0.05, 0.1) is 0 Å². The monoisotopic (exact) mass is 386 g/mol. The normalized spacial score (nSPS) is 21.0. The minimum Gasteiger partial charge on any atom is -0.344 e. The Morgan fingerprint density at radius 3 is 1.93 bits per heavy atom. The maximum Gasteiger partial charge on any atom is 0.247 e. The highest BCUT2D eigenvalue weighted by Gasteiger charge is 2.31. The number of benzene rings is 1. The summed E-state index contributed by atoms with van der Waals surface area (Å²) in [6.07, 6.45) is 4.07. The number of anilines is 1. The molecule has 0 bridgehead atoms. The molecule has 0 spiro atoms. The summed E-state index contributed by atoms with van der Waals surface area (Å²) in [6, 6.07) is 7.42. The Bertz CT molecular complexity index is 641. The van der Waals surface area contributed by atoms with E-state index in [0.29, 0.717) is 11.8 Å². The molecule has 156 valence electrons. The average Bonchev–Trinajstić information content (AvgIpc) is 2.66. The molecule has 0 unspecified atom stereocenters. The smallest absolute Gasteiger partial charge is 0.247 e. The summed E-state index contributed by atoms with van der Waals surface area (Å²) < 4.78 is 0. The van der Waals surface area contributed by atoms with E-state index in [0.717, 1.165) is 37.3 Å². The molecule has 0 saturated heterocycles. The van der Waals surface area contributed by atoms with Crippen molar-refractivity contribution in [2.24, 2.45) is 23.7 Å². The standard InChI is InChI=1S/C24H38N2O2/c1-15(2)18-7-9-20(10-8-18)23(27)26-22(17(5)6)24(28)25-21-13-11-19(12-14-21)16(3)4/h11-18,20,22H,7-10H2,1-6H3,(H,25,28)(H,26,27)/t18?,20?,22-/m1/s1. The van der Waals surface area contributed by atoms with Gasteiger partial charge in [0.1, 0.15) is 6.04 Å². The summed E-state index contributed by atoms with van der Waals surface area (Å²) in [5.41, 5.74) is 2.01. The van der Waals surface area contributed by atoms with Gasteiger partial charge in [-0.2, -0.15) is 0 Å². The van der Waals surface area contributed by atoms with Gasteiger partial charge in [-0.1, -0.05) is 53.7 Å². The van der Waals surface area contributed by atoms with E-state index in [-0.39, 0.29) is 23.7 Å². The van der Waals surface area contributed by atoms with E-state index in [2.05, 4.69) is 38.3 Å². The Labute approximate surface area is 170 Å². The van der Waals surface area contributed by atoms with E-state index < -0.39 is 6.04 Å². The number of rotatable bonds is 7.